The number of hydrogen-bond donors (Lipinski definition) is 1. The van der Waals surface area contributed by atoms with Crippen LogP contribution in [0.2, 0.25) is 0 Å². The molecule has 0 aliphatic heterocycles. The largest absolute Gasteiger partial charge is 0.470 e. The minimum Gasteiger partial charge on any atom is -0.470 e. The molecule has 0 atom stereocenters. The van der Waals surface area contributed by atoms with Crippen LogP contribution in [0.5, 0.6) is 5.88 Å². The van der Waals surface area contributed by atoms with Gasteiger partial charge in [0.2, 0.25) is 5.88 Å². The molecule has 1 aromatic carbocycles. The van der Waals surface area contributed by atoms with Crippen LogP contribution in [0.1, 0.15) is 15.4 Å². The fraction of sp³-hybridized carbons (Fsp3) is 0.0625. The predicted octanol–water partition coefficient (Wildman–Crippen LogP) is 3.02. The molecule has 2 aromatic heterocycles. The topological polar surface area (TPSA) is 78.1 Å². The normalized spacial score (nSPS) is 10.5. The quantitative estimate of drug-likeness (QED) is 0.780. The minimum atomic E-state index is -0.865. The van der Waals surface area contributed by atoms with Gasteiger partial charge in [-0.1, -0.05) is 30.3 Å². The van der Waals surface area contributed by atoms with Crippen molar-refractivity contribution in [2.75, 3.05) is 0 Å². The van der Waals surface area contributed by atoms with Gasteiger partial charge in [-0.05, 0) is 0 Å². The summed E-state index contributed by atoms with van der Waals surface area (Å²) in [5.74, 6) is -1.52. The van der Waals surface area contributed by atoms with E-state index in [4.69, 9.17) is 10.5 Å². The standard InChI is InChI=1S/C16H12FN3O2S/c17-12-7-19-14(6-11(12)16(18)21)22-8-15-20-13(9-23-15)10-4-2-1-3-5-10/h1-7,9H,8H2,(H2,18,21). The molecular formula is C16H12FN3O2S. The van der Waals surface area contributed by atoms with E-state index >= 15 is 0 Å². The highest BCUT2D eigenvalue weighted by molar-refractivity contribution is 7.09. The van der Waals surface area contributed by atoms with Crippen LogP contribution in [-0.4, -0.2) is 15.9 Å². The van der Waals surface area contributed by atoms with E-state index in [0.717, 1.165) is 22.5 Å². The number of carbonyl (C=O) groups is 1. The van der Waals surface area contributed by atoms with Gasteiger partial charge in [0.1, 0.15) is 11.6 Å². The number of aromatic nitrogens is 2. The first-order valence-electron chi connectivity index (χ1n) is 6.71. The Labute approximate surface area is 135 Å². The number of benzene rings is 1. The summed E-state index contributed by atoms with van der Waals surface area (Å²) in [6.45, 7) is 0.175. The number of thiazole rings is 1. The van der Waals surface area contributed by atoms with Crippen molar-refractivity contribution in [1.29, 1.82) is 0 Å². The van der Waals surface area contributed by atoms with E-state index in [-0.39, 0.29) is 18.1 Å². The predicted molar refractivity (Wildman–Crippen MR) is 84.6 cm³/mol. The monoisotopic (exact) mass is 329 g/mol. The van der Waals surface area contributed by atoms with Crippen LogP contribution < -0.4 is 10.5 Å². The lowest BCUT2D eigenvalue weighted by molar-refractivity contribution is 0.0995. The highest BCUT2D eigenvalue weighted by atomic mass is 32.1. The fourth-order valence-corrected chi connectivity index (χ4v) is 2.66. The van der Waals surface area contributed by atoms with Gasteiger partial charge in [0.05, 0.1) is 17.5 Å². The van der Waals surface area contributed by atoms with Crippen molar-refractivity contribution >= 4 is 17.2 Å². The number of hydrogen-bond acceptors (Lipinski definition) is 5. The third kappa shape index (κ3) is 3.51. The van der Waals surface area contributed by atoms with Gasteiger partial charge in [-0.15, -0.1) is 11.3 Å². The third-order valence-electron chi connectivity index (χ3n) is 3.06. The number of halogens is 1. The van der Waals surface area contributed by atoms with Crippen molar-refractivity contribution < 1.29 is 13.9 Å². The number of nitrogens with two attached hydrogens (primary N) is 1. The second-order valence-corrected chi connectivity index (χ2v) is 5.59. The van der Waals surface area contributed by atoms with Crippen LogP contribution in [0.25, 0.3) is 11.3 Å². The highest BCUT2D eigenvalue weighted by Gasteiger charge is 2.11. The van der Waals surface area contributed by atoms with E-state index in [0.29, 0.717) is 0 Å². The van der Waals surface area contributed by atoms with Crippen molar-refractivity contribution in [3.8, 4) is 17.1 Å². The SMILES string of the molecule is NC(=O)c1cc(OCc2nc(-c3ccccc3)cs2)ncc1F. The summed E-state index contributed by atoms with van der Waals surface area (Å²) in [7, 11) is 0. The van der Waals surface area contributed by atoms with Gasteiger partial charge >= 0.3 is 0 Å². The minimum absolute atomic E-state index is 0.122. The zero-order valence-electron chi connectivity index (χ0n) is 11.9. The van der Waals surface area contributed by atoms with Gasteiger partial charge in [0.15, 0.2) is 5.82 Å². The van der Waals surface area contributed by atoms with Crippen LogP contribution in [0, 0.1) is 5.82 Å². The average Bonchev–Trinajstić information content (AvgIpc) is 3.03. The Morgan fingerprint density at radius 3 is 2.83 bits per heavy atom. The van der Waals surface area contributed by atoms with E-state index in [1.165, 1.54) is 17.4 Å². The zero-order chi connectivity index (χ0) is 16.2. The summed E-state index contributed by atoms with van der Waals surface area (Å²) < 4.78 is 18.8. The number of nitrogens with zero attached hydrogens (tertiary/aromatic N) is 2. The Balaban J connectivity index is 1.71. The van der Waals surface area contributed by atoms with E-state index in [1.807, 2.05) is 35.7 Å². The lowest BCUT2D eigenvalue weighted by Gasteiger charge is -2.04. The summed E-state index contributed by atoms with van der Waals surface area (Å²) in [6, 6.07) is 11.0. The summed E-state index contributed by atoms with van der Waals surface area (Å²) in [5, 5.41) is 2.68. The molecule has 0 radical (unpaired) electrons. The number of primary amides is 1. The van der Waals surface area contributed by atoms with Crippen molar-refractivity contribution in [3.63, 3.8) is 0 Å². The first-order valence-corrected chi connectivity index (χ1v) is 7.59. The van der Waals surface area contributed by atoms with E-state index < -0.39 is 11.7 Å². The maximum Gasteiger partial charge on any atom is 0.251 e. The number of pyridine rings is 1. The van der Waals surface area contributed by atoms with Crippen LogP contribution in [0.4, 0.5) is 4.39 Å². The number of amides is 1. The highest BCUT2D eigenvalue weighted by Crippen LogP contribution is 2.22. The maximum absolute atomic E-state index is 13.3. The summed E-state index contributed by atoms with van der Waals surface area (Å²) in [4.78, 5) is 19.3. The molecule has 2 heterocycles. The van der Waals surface area contributed by atoms with Crippen LogP contribution in [0.3, 0.4) is 0 Å². The molecule has 0 aliphatic carbocycles. The molecule has 1 amide bonds. The van der Waals surface area contributed by atoms with Crippen molar-refractivity contribution in [3.05, 3.63) is 64.4 Å². The van der Waals surface area contributed by atoms with Gasteiger partial charge in [0, 0.05) is 17.0 Å². The van der Waals surface area contributed by atoms with Crippen LogP contribution in [-0.2, 0) is 6.61 Å². The molecule has 3 aromatic rings. The zero-order valence-corrected chi connectivity index (χ0v) is 12.7. The molecule has 0 fully saturated rings. The Kier molecular flexibility index (Phi) is 4.29. The molecular weight excluding hydrogens is 317 g/mol. The van der Waals surface area contributed by atoms with E-state index in [1.54, 1.807) is 0 Å². The smallest absolute Gasteiger partial charge is 0.251 e. The molecule has 0 saturated carbocycles. The van der Waals surface area contributed by atoms with Crippen molar-refractivity contribution in [2.45, 2.75) is 6.61 Å². The van der Waals surface area contributed by atoms with Crippen molar-refractivity contribution in [1.82, 2.24) is 9.97 Å². The van der Waals surface area contributed by atoms with Gasteiger partial charge in [-0.25, -0.2) is 14.4 Å². The number of carbonyl (C=O) groups excluding carboxylic acids is 1. The van der Waals surface area contributed by atoms with Crippen LogP contribution in [0.15, 0.2) is 48.0 Å². The third-order valence-corrected chi connectivity index (χ3v) is 3.88. The van der Waals surface area contributed by atoms with Gasteiger partial charge < -0.3 is 10.5 Å². The first kappa shape index (κ1) is 15.1. The average molecular weight is 329 g/mol. The van der Waals surface area contributed by atoms with Gasteiger partial charge in [0.25, 0.3) is 5.91 Å². The Bertz CT molecular complexity index is 836. The van der Waals surface area contributed by atoms with Gasteiger partial charge in [-0.3, -0.25) is 4.79 Å². The second kappa shape index (κ2) is 6.53. The summed E-state index contributed by atoms with van der Waals surface area (Å²) in [6.07, 6.45) is 0.909. The van der Waals surface area contributed by atoms with E-state index in [9.17, 15) is 9.18 Å². The lowest BCUT2D eigenvalue weighted by atomic mass is 10.2. The maximum atomic E-state index is 13.3. The Morgan fingerprint density at radius 2 is 2.09 bits per heavy atom. The molecule has 0 unspecified atom stereocenters. The second-order valence-electron chi connectivity index (χ2n) is 4.65. The van der Waals surface area contributed by atoms with Gasteiger partial charge in [-0.2, -0.15) is 0 Å². The molecule has 2 N–H and O–H groups in total. The molecule has 0 bridgehead atoms. The summed E-state index contributed by atoms with van der Waals surface area (Å²) >= 11 is 1.45. The molecule has 5 nitrogen and oxygen atoms in total. The molecule has 116 valence electrons. The Hall–Kier alpha value is -2.80. The van der Waals surface area contributed by atoms with Crippen LogP contribution >= 0.6 is 11.3 Å². The number of rotatable bonds is 5. The van der Waals surface area contributed by atoms with Crippen molar-refractivity contribution in [2.24, 2.45) is 5.73 Å². The molecule has 7 heteroatoms. The Morgan fingerprint density at radius 1 is 1.30 bits per heavy atom. The molecule has 0 spiro atoms. The number of ether oxygens (including phenoxy) is 1. The summed E-state index contributed by atoms with van der Waals surface area (Å²) in [5.41, 5.74) is 6.71. The molecule has 23 heavy (non-hydrogen) atoms. The molecule has 0 saturated heterocycles. The molecule has 3 rings (SSSR count). The first-order chi connectivity index (χ1) is 11.1. The lowest BCUT2D eigenvalue weighted by Crippen LogP contribution is -2.13. The van der Waals surface area contributed by atoms with E-state index in [2.05, 4.69) is 9.97 Å². The fourth-order valence-electron chi connectivity index (χ4n) is 1.94. The molecule has 0 aliphatic rings.